The first-order valence-electron chi connectivity index (χ1n) is 5.66. The van der Waals surface area contributed by atoms with Gasteiger partial charge in [0.1, 0.15) is 0 Å². The molecule has 0 aromatic rings. The lowest BCUT2D eigenvalue weighted by Crippen LogP contribution is -3.00. The van der Waals surface area contributed by atoms with Gasteiger partial charge in [-0.1, -0.05) is 0 Å². The molecule has 126 valence electrons. The highest BCUT2D eigenvalue weighted by molar-refractivity contribution is 5.85. The summed E-state index contributed by atoms with van der Waals surface area (Å²) in [5, 5.41) is 0. The lowest BCUT2D eigenvalue weighted by Gasteiger charge is -2.40. The van der Waals surface area contributed by atoms with Gasteiger partial charge in [0.15, 0.2) is 0 Å². The highest BCUT2D eigenvalue weighted by Gasteiger charge is 2.77. The molecule has 1 fully saturated rings. The molecular weight excluding hydrogens is 424 g/mol. The first-order chi connectivity index (χ1) is 8.72. The summed E-state index contributed by atoms with van der Waals surface area (Å²) < 4.78 is 88.2. The second-order valence-electron chi connectivity index (χ2n) is 5.32. The maximum absolute atomic E-state index is 13.2. The highest BCUT2D eigenvalue weighted by Crippen LogP contribution is 2.47. The lowest BCUT2D eigenvalue weighted by molar-refractivity contribution is -0.894. The van der Waals surface area contributed by atoms with Crippen molar-refractivity contribution in [1.82, 2.24) is 4.90 Å². The second kappa shape index (κ2) is 6.05. The zero-order valence-electron chi connectivity index (χ0n) is 11.2. The molecule has 1 aliphatic rings. The van der Waals surface area contributed by atoms with Gasteiger partial charge in [-0.05, 0) is 0 Å². The number of alkyl halides is 7. The molecule has 1 aliphatic heterocycles. The molecule has 0 atom stereocenters. The van der Waals surface area contributed by atoms with Gasteiger partial charge >= 0.3 is 18.0 Å². The van der Waals surface area contributed by atoms with Crippen molar-refractivity contribution in [2.75, 3.05) is 40.3 Å². The molecule has 1 rings (SSSR count). The Labute approximate surface area is 133 Å². The first kappa shape index (κ1) is 20.7. The number of nitrogens with zero attached hydrogens (tertiary/aromatic N) is 2. The van der Waals surface area contributed by atoms with Gasteiger partial charge in [0.25, 0.3) is 5.91 Å². The van der Waals surface area contributed by atoms with Crippen LogP contribution in [0.4, 0.5) is 30.7 Å². The number of carbonyl (C=O) groups is 1. The quantitative estimate of drug-likeness (QED) is 0.300. The Balaban J connectivity index is 0.00000400. The summed E-state index contributed by atoms with van der Waals surface area (Å²) in [5.41, 5.74) is 0. The third-order valence-electron chi connectivity index (χ3n) is 3.26. The van der Waals surface area contributed by atoms with Gasteiger partial charge in [-0.15, -0.1) is 0 Å². The summed E-state index contributed by atoms with van der Waals surface area (Å²) in [6.45, 7) is -0.205. The van der Waals surface area contributed by atoms with E-state index in [2.05, 4.69) is 0 Å². The van der Waals surface area contributed by atoms with E-state index in [1.165, 1.54) is 0 Å². The predicted molar refractivity (Wildman–Crippen MR) is 54.4 cm³/mol. The van der Waals surface area contributed by atoms with E-state index in [0.717, 1.165) is 0 Å². The molecule has 0 spiro atoms. The van der Waals surface area contributed by atoms with Gasteiger partial charge in [0.2, 0.25) is 0 Å². The van der Waals surface area contributed by atoms with E-state index in [1.54, 1.807) is 14.1 Å². The van der Waals surface area contributed by atoms with E-state index in [9.17, 15) is 35.5 Å². The summed E-state index contributed by atoms with van der Waals surface area (Å²) in [6.07, 6.45) is -6.49. The van der Waals surface area contributed by atoms with E-state index < -0.39 is 23.9 Å². The topological polar surface area (TPSA) is 20.3 Å². The minimum Gasteiger partial charge on any atom is -1.00 e. The molecule has 0 aromatic carbocycles. The minimum absolute atomic E-state index is 0. The van der Waals surface area contributed by atoms with Crippen molar-refractivity contribution in [3.63, 3.8) is 0 Å². The molecule has 1 heterocycles. The van der Waals surface area contributed by atoms with Crippen LogP contribution in [0, 0.1) is 0 Å². The van der Waals surface area contributed by atoms with E-state index in [4.69, 9.17) is 0 Å². The van der Waals surface area contributed by atoms with Crippen LogP contribution >= 0.6 is 0 Å². The number of halogens is 8. The molecule has 0 unspecified atom stereocenters. The van der Waals surface area contributed by atoms with E-state index in [0.29, 0.717) is 9.38 Å². The molecule has 11 heteroatoms. The minimum atomic E-state index is -6.49. The van der Waals surface area contributed by atoms with Gasteiger partial charge in [-0.3, -0.25) is 4.79 Å². The smallest absolute Gasteiger partial charge is 0.460 e. The van der Waals surface area contributed by atoms with Gasteiger partial charge in [0.05, 0.1) is 40.3 Å². The number of hydrogen-bond donors (Lipinski definition) is 0. The summed E-state index contributed by atoms with van der Waals surface area (Å²) in [6, 6.07) is 0. The Bertz CT molecular complexity index is 387. The van der Waals surface area contributed by atoms with Crippen molar-refractivity contribution in [3.05, 3.63) is 0 Å². The maximum Gasteiger partial charge on any atom is 0.460 e. The normalized spacial score (nSPS) is 20.0. The van der Waals surface area contributed by atoms with Crippen molar-refractivity contribution in [1.29, 1.82) is 0 Å². The molecule has 0 bridgehead atoms. The molecule has 0 aliphatic carbocycles. The van der Waals surface area contributed by atoms with E-state index in [-0.39, 0.29) is 50.2 Å². The fourth-order valence-corrected chi connectivity index (χ4v) is 1.72. The predicted octanol–water partition coefficient (Wildman–Crippen LogP) is -1.26. The fraction of sp³-hybridized carbons (Fsp3) is 0.900. The van der Waals surface area contributed by atoms with Crippen molar-refractivity contribution in [3.8, 4) is 0 Å². The van der Waals surface area contributed by atoms with Gasteiger partial charge < -0.3 is 33.4 Å². The standard InChI is InChI=1S/C10H14F7N2O.HI/c1-19(2)5-3-18(4-6-19)7(20)8(11,12)9(13,14)10(15,16)17;/h3-6H2,1-2H3;1H/q+1;/p-1. The third kappa shape index (κ3) is 3.90. The Hall–Kier alpha value is -0.330. The number of likely N-dealkylation sites (N-methyl/N-ethyl adjacent to an activating group) is 1. The van der Waals surface area contributed by atoms with Crippen molar-refractivity contribution >= 4 is 5.91 Å². The van der Waals surface area contributed by atoms with Crippen molar-refractivity contribution in [2.45, 2.75) is 18.0 Å². The number of amides is 1. The second-order valence-corrected chi connectivity index (χ2v) is 5.32. The number of hydrogen-bond acceptors (Lipinski definition) is 1. The molecule has 3 nitrogen and oxygen atoms in total. The highest BCUT2D eigenvalue weighted by atomic mass is 127. The monoisotopic (exact) mass is 438 g/mol. The summed E-state index contributed by atoms with van der Waals surface area (Å²) in [4.78, 5) is 11.7. The number of piperazine rings is 1. The fourth-order valence-electron chi connectivity index (χ4n) is 1.72. The molecule has 1 amide bonds. The Kier molecular flexibility index (Phi) is 5.95. The third-order valence-corrected chi connectivity index (χ3v) is 3.26. The van der Waals surface area contributed by atoms with Gasteiger partial charge in [-0.2, -0.15) is 30.7 Å². The number of rotatable bonds is 2. The largest absolute Gasteiger partial charge is 1.00 e. The zero-order valence-corrected chi connectivity index (χ0v) is 13.3. The van der Waals surface area contributed by atoms with Crippen LogP contribution in [-0.2, 0) is 4.79 Å². The Morgan fingerprint density at radius 3 is 1.67 bits per heavy atom. The van der Waals surface area contributed by atoms with Crippen LogP contribution in [0.3, 0.4) is 0 Å². The first-order valence-corrected chi connectivity index (χ1v) is 5.66. The summed E-state index contributed by atoms with van der Waals surface area (Å²) in [5.74, 6) is -14.7. The zero-order chi connectivity index (χ0) is 16.0. The molecular formula is C10H14F7IN2O. The molecule has 0 aromatic heterocycles. The van der Waals surface area contributed by atoms with Crippen LogP contribution in [0.25, 0.3) is 0 Å². The molecule has 0 N–H and O–H groups in total. The average Bonchev–Trinajstić information content (AvgIpc) is 2.26. The van der Waals surface area contributed by atoms with Crippen LogP contribution in [0.15, 0.2) is 0 Å². The SMILES string of the molecule is C[N+]1(C)CCN(C(=O)C(F)(F)C(F)(F)C(F)(F)F)CC1.[I-]. The van der Waals surface area contributed by atoms with E-state index >= 15 is 0 Å². The Morgan fingerprint density at radius 2 is 1.33 bits per heavy atom. The van der Waals surface area contributed by atoms with E-state index in [1.807, 2.05) is 0 Å². The molecule has 1 saturated heterocycles. The van der Waals surface area contributed by atoms with Crippen LogP contribution in [0.1, 0.15) is 0 Å². The molecule has 21 heavy (non-hydrogen) atoms. The van der Waals surface area contributed by atoms with Crippen molar-refractivity contribution < 1.29 is 64.0 Å². The molecule has 0 radical (unpaired) electrons. The number of quaternary nitrogens is 1. The van der Waals surface area contributed by atoms with Gasteiger partial charge in [-0.25, -0.2) is 0 Å². The maximum atomic E-state index is 13.2. The van der Waals surface area contributed by atoms with Crippen molar-refractivity contribution in [2.24, 2.45) is 0 Å². The molecule has 0 saturated carbocycles. The van der Waals surface area contributed by atoms with Crippen LogP contribution < -0.4 is 24.0 Å². The van der Waals surface area contributed by atoms with Gasteiger partial charge in [0, 0.05) is 0 Å². The lowest BCUT2D eigenvalue weighted by atomic mass is 10.1. The summed E-state index contributed by atoms with van der Waals surface area (Å²) >= 11 is 0. The summed E-state index contributed by atoms with van der Waals surface area (Å²) in [7, 11) is 3.45. The Morgan fingerprint density at radius 1 is 0.952 bits per heavy atom. The van der Waals surface area contributed by atoms with Crippen LogP contribution in [0.5, 0.6) is 0 Å². The average molecular weight is 438 g/mol. The number of carbonyl (C=O) groups excluding carboxylic acids is 1. The van der Waals surface area contributed by atoms with Crippen LogP contribution in [0.2, 0.25) is 0 Å². The van der Waals surface area contributed by atoms with Crippen LogP contribution in [-0.4, -0.2) is 73.6 Å².